The summed E-state index contributed by atoms with van der Waals surface area (Å²) in [6, 6.07) is 6.68. The highest BCUT2D eigenvalue weighted by molar-refractivity contribution is 5.93. The summed E-state index contributed by atoms with van der Waals surface area (Å²) >= 11 is 0. The average molecular weight is 246 g/mol. The second-order valence-corrected chi connectivity index (χ2v) is 5.39. The number of rotatable bonds is 2. The van der Waals surface area contributed by atoms with Crippen molar-refractivity contribution in [3.8, 4) is 0 Å². The van der Waals surface area contributed by atoms with Crippen LogP contribution in [0.3, 0.4) is 0 Å². The van der Waals surface area contributed by atoms with Crippen LogP contribution in [0.1, 0.15) is 30.9 Å². The smallest absolute Gasteiger partial charge is 0.228 e. The number of piperidine rings is 1. The molecule has 1 fully saturated rings. The van der Waals surface area contributed by atoms with E-state index in [-0.39, 0.29) is 11.8 Å². The molecule has 0 radical (unpaired) electrons. The van der Waals surface area contributed by atoms with Gasteiger partial charge >= 0.3 is 0 Å². The van der Waals surface area contributed by atoms with Gasteiger partial charge in [0.2, 0.25) is 5.91 Å². The number of carbonyl (C=O) groups is 1. The normalized spacial score (nSPS) is 23.7. The Bertz CT molecular complexity index is 434. The third-order valence-corrected chi connectivity index (χ3v) is 3.68. The van der Waals surface area contributed by atoms with Gasteiger partial charge in [-0.2, -0.15) is 0 Å². The fourth-order valence-corrected chi connectivity index (χ4v) is 2.33. The molecule has 2 rings (SSSR count). The number of benzene rings is 1. The maximum atomic E-state index is 12.2. The van der Waals surface area contributed by atoms with Gasteiger partial charge in [0.15, 0.2) is 0 Å². The molecule has 0 aliphatic carbocycles. The summed E-state index contributed by atoms with van der Waals surface area (Å²) in [5.41, 5.74) is 3.23. The Hall–Kier alpha value is -1.35. The van der Waals surface area contributed by atoms with Crippen LogP contribution in [-0.4, -0.2) is 18.5 Å². The minimum atomic E-state index is 0.0983. The van der Waals surface area contributed by atoms with Gasteiger partial charge in [0.05, 0.1) is 5.92 Å². The number of amides is 1. The molecule has 2 atom stereocenters. The van der Waals surface area contributed by atoms with E-state index < -0.39 is 0 Å². The third-order valence-electron chi connectivity index (χ3n) is 3.68. The average Bonchev–Trinajstić information content (AvgIpc) is 2.34. The van der Waals surface area contributed by atoms with E-state index in [0.717, 1.165) is 30.6 Å². The highest BCUT2D eigenvalue weighted by Gasteiger charge is 2.24. The van der Waals surface area contributed by atoms with Crippen molar-refractivity contribution in [1.29, 1.82) is 0 Å². The molecule has 1 aromatic carbocycles. The Morgan fingerprint density at radius 3 is 2.78 bits per heavy atom. The number of hydrogen-bond donors (Lipinski definition) is 2. The van der Waals surface area contributed by atoms with E-state index in [2.05, 4.69) is 23.6 Å². The van der Waals surface area contributed by atoms with E-state index >= 15 is 0 Å². The highest BCUT2D eigenvalue weighted by Crippen LogP contribution is 2.20. The van der Waals surface area contributed by atoms with Gasteiger partial charge in [-0.05, 0) is 50.8 Å². The van der Waals surface area contributed by atoms with Crippen LogP contribution < -0.4 is 10.6 Å². The van der Waals surface area contributed by atoms with E-state index in [4.69, 9.17) is 0 Å². The Kier molecular flexibility index (Phi) is 4.02. The molecule has 3 heteroatoms. The standard InChI is InChI=1S/C15H22N2O/c1-10-4-5-11(2)14(8-10)17-15(18)13-7-6-12(3)16-9-13/h4-5,8,12-13,16H,6-7,9H2,1-3H3,(H,17,18). The molecule has 1 amide bonds. The lowest BCUT2D eigenvalue weighted by molar-refractivity contribution is -0.120. The zero-order valence-electron chi connectivity index (χ0n) is 11.4. The van der Waals surface area contributed by atoms with E-state index in [0.29, 0.717) is 6.04 Å². The van der Waals surface area contributed by atoms with Gasteiger partial charge in [-0.1, -0.05) is 12.1 Å². The Balaban J connectivity index is 2.00. The first-order chi connectivity index (χ1) is 8.56. The van der Waals surface area contributed by atoms with Crippen molar-refractivity contribution < 1.29 is 4.79 Å². The molecule has 1 saturated heterocycles. The van der Waals surface area contributed by atoms with E-state index in [1.54, 1.807) is 0 Å². The SMILES string of the molecule is Cc1ccc(C)c(NC(=O)C2CCC(C)NC2)c1. The van der Waals surface area contributed by atoms with Crippen LogP contribution in [0, 0.1) is 19.8 Å². The van der Waals surface area contributed by atoms with Crippen molar-refractivity contribution >= 4 is 11.6 Å². The fourth-order valence-electron chi connectivity index (χ4n) is 2.33. The van der Waals surface area contributed by atoms with Gasteiger partial charge in [0.1, 0.15) is 0 Å². The van der Waals surface area contributed by atoms with Crippen molar-refractivity contribution in [1.82, 2.24) is 5.32 Å². The van der Waals surface area contributed by atoms with Gasteiger partial charge < -0.3 is 10.6 Å². The van der Waals surface area contributed by atoms with Gasteiger partial charge in [-0.3, -0.25) is 4.79 Å². The molecule has 0 bridgehead atoms. The Morgan fingerprint density at radius 2 is 2.11 bits per heavy atom. The quantitative estimate of drug-likeness (QED) is 0.842. The largest absolute Gasteiger partial charge is 0.326 e. The molecule has 1 aromatic rings. The van der Waals surface area contributed by atoms with Crippen LogP contribution in [0.2, 0.25) is 0 Å². The third kappa shape index (κ3) is 3.10. The number of aryl methyl sites for hydroxylation is 2. The minimum absolute atomic E-state index is 0.0983. The zero-order valence-corrected chi connectivity index (χ0v) is 11.4. The van der Waals surface area contributed by atoms with E-state index in [1.807, 2.05) is 26.0 Å². The number of hydrogen-bond acceptors (Lipinski definition) is 2. The van der Waals surface area contributed by atoms with Gasteiger partial charge in [-0.25, -0.2) is 0 Å². The van der Waals surface area contributed by atoms with Gasteiger partial charge in [-0.15, -0.1) is 0 Å². The second kappa shape index (κ2) is 5.53. The summed E-state index contributed by atoms with van der Waals surface area (Å²) in [6.45, 7) is 7.02. The highest BCUT2D eigenvalue weighted by atomic mass is 16.1. The molecule has 1 heterocycles. The molecule has 1 aliphatic rings. The predicted octanol–water partition coefficient (Wildman–Crippen LogP) is 2.63. The van der Waals surface area contributed by atoms with Gasteiger partial charge in [0, 0.05) is 18.3 Å². The molecular weight excluding hydrogens is 224 g/mol. The summed E-state index contributed by atoms with van der Waals surface area (Å²) in [4.78, 5) is 12.2. The monoisotopic (exact) mass is 246 g/mol. The number of anilines is 1. The molecule has 1 aliphatic heterocycles. The number of carbonyl (C=O) groups excluding carboxylic acids is 1. The van der Waals surface area contributed by atoms with Crippen LogP contribution in [0.5, 0.6) is 0 Å². The Labute approximate surface area is 109 Å². The van der Waals surface area contributed by atoms with Crippen LogP contribution in [0.15, 0.2) is 18.2 Å². The molecule has 3 nitrogen and oxygen atoms in total. The lowest BCUT2D eigenvalue weighted by Gasteiger charge is -2.27. The molecular formula is C15H22N2O. The first kappa shape index (κ1) is 13.1. The van der Waals surface area contributed by atoms with E-state index in [1.165, 1.54) is 5.56 Å². The van der Waals surface area contributed by atoms with Crippen molar-refractivity contribution in [2.75, 3.05) is 11.9 Å². The molecule has 0 aromatic heterocycles. The van der Waals surface area contributed by atoms with E-state index in [9.17, 15) is 4.79 Å². The first-order valence-electron chi connectivity index (χ1n) is 6.68. The van der Waals surface area contributed by atoms with Crippen LogP contribution >= 0.6 is 0 Å². The van der Waals surface area contributed by atoms with Crippen LogP contribution in [0.25, 0.3) is 0 Å². The number of nitrogens with one attached hydrogen (secondary N) is 2. The van der Waals surface area contributed by atoms with Crippen LogP contribution in [-0.2, 0) is 4.79 Å². The topological polar surface area (TPSA) is 41.1 Å². The van der Waals surface area contributed by atoms with Crippen molar-refractivity contribution in [2.45, 2.75) is 39.7 Å². The van der Waals surface area contributed by atoms with Crippen molar-refractivity contribution in [3.63, 3.8) is 0 Å². The Morgan fingerprint density at radius 1 is 1.33 bits per heavy atom. The second-order valence-electron chi connectivity index (χ2n) is 5.39. The molecule has 18 heavy (non-hydrogen) atoms. The lowest BCUT2D eigenvalue weighted by atomic mass is 9.94. The molecule has 2 unspecified atom stereocenters. The maximum Gasteiger partial charge on any atom is 0.228 e. The summed E-state index contributed by atoms with van der Waals surface area (Å²) in [5.74, 6) is 0.240. The lowest BCUT2D eigenvalue weighted by Crippen LogP contribution is -2.41. The van der Waals surface area contributed by atoms with Gasteiger partial charge in [0.25, 0.3) is 0 Å². The summed E-state index contributed by atoms with van der Waals surface area (Å²) in [7, 11) is 0. The summed E-state index contributed by atoms with van der Waals surface area (Å²) in [6.07, 6.45) is 2.05. The predicted molar refractivity (Wildman–Crippen MR) is 74.7 cm³/mol. The molecule has 98 valence electrons. The fraction of sp³-hybridized carbons (Fsp3) is 0.533. The minimum Gasteiger partial charge on any atom is -0.326 e. The van der Waals surface area contributed by atoms with Crippen molar-refractivity contribution in [2.24, 2.45) is 5.92 Å². The summed E-state index contributed by atoms with van der Waals surface area (Å²) in [5, 5.41) is 6.42. The van der Waals surface area contributed by atoms with Crippen molar-refractivity contribution in [3.05, 3.63) is 29.3 Å². The molecule has 0 spiro atoms. The summed E-state index contributed by atoms with van der Waals surface area (Å²) < 4.78 is 0. The molecule has 2 N–H and O–H groups in total. The first-order valence-corrected chi connectivity index (χ1v) is 6.68. The zero-order chi connectivity index (χ0) is 13.1. The molecule has 0 saturated carbocycles. The van der Waals surface area contributed by atoms with Crippen LogP contribution in [0.4, 0.5) is 5.69 Å². The maximum absolute atomic E-state index is 12.2.